The molecular formula is C13H16BrNO4. The van der Waals surface area contributed by atoms with Gasteiger partial charge in [0.25, 0.3) is 5.69 Å². The summed E-state index contributed by atoms with van der Waals surface area (Å²) in [5.41, 5.74) is 0.204. The summed E-state index contributed by atoms with van der Waals surface area (Å²) >= 11 is 3.52. The maximum atomic E-state index is 10.7. The third kappa shape index (κ3) is 3.00. The Balaban J connectivity index is 2.09. The Kier molecular flexibility index (Phi) is 4.29. The number of ether oxygens (including phenoxy) is 2. The lowest BCUT2D eigenvalue weighted by molar-refractivity contribution is -0.385. The van der Waals surface area contributed by atoms with Crippen LogP contribution in [0.1, 0.15) is 19.3 Å². The zero-order chi connectivity index (χ0) is 13.9. The zero-order valence-corrected chi connectivity index (χ0v) is 12.3. The summed E-state index contributed by atoms with van der Waals surface area (Å²) in [7, 11) is 1.48. The van der Waals surface area contributed by atoms with E-state index < -0.39 is 4.92 Å². The average molecular weight is 330 g/mol. The number of methoxy groups -OCH3 is 1. The minimum Gasteiger partial charge on any atom is -0.493 e. The Bertz CT molecular complexity index is 468. The van der Waals surface area contributed by atoms with Gasteiger partial charge in [-0.2, -0.15) is 0 Å². The van der Waals surface area contributed by atoms with Gasteiger partial charge in [0.1, 0.15) is 0 Å². The molecule has 2 rings (SSSR count). The quantitative estimate of drug-likeness (QED) is 0.455. The molecule has 1 aliphatic rings. The van der Waals surface area contributed by atoms with Crippen LogP contribution < -0.4 is 9.47 Å². The molecule has 1 aliphatic carbocycles. The van der Waals surface area contributed by atoms with Gasteiger partial charge in [-0.25, -0.2) is 0 Å². The summed E-state index contributed by atoms with van der Waals surface area (Å²) in [5.74, 6) is 0.957. The van der Waals surface area contributed by atoms with Crippen molar-refractivity contribution in [3.05, 3.63) is 28.3 Å². The van der Waals surface area contributed by atoms with Crippen molar-refractivity contribution in [2.75, 3.05) is 19.0 Å². The molecule has 0 saturated heterocycles. The van der Waals surface area contributed by atoms with Gasteiger partial charge in [0.2, 0.25) is 0 Å². The SMILES string of the molecule is COc1cc([N+](=O)[O-])ccc1OCC1(CBr)CCC1. The third-order valence-corrected chi connectivity index (χ3v) is 4.78. The van der Waals surface area contributed by atoms with Crippen LogP contribution in [-0.4, -0.2) is 24.0 Å². The summed E-state index contributed by atoms with van der Waals surface area (Å²) in [6.45, 7) is 0.604. The van der Waals surface area contributed by atoms with E-state index in [-0.39, 0.29) is 11.1 Å². The van der Waals surface area contributed by atoms with Crippen LogP contribution in [0.3, 0.4) is 0 Å². The fourth-order valence-corrected chi connectivity index (χ4v) is 2.84. The zero-order valence-electron chi connectivity index (χ0n) is 10.7. The molecule has 1 aromatic rings. The molecule has 104 valence electrons. The van der Waals surface area contributed by atoms with Crippen molar-refractivity contribution in [2.24, 2.45) is 5.41 Å². The van der Waals surface area contributed by atoms with Crippen LogP contribution in [0.4, 0.5) is 5.69 Å². The lowest BCUT2D eigenvalue weighted by Crippen LogP contribution is -2.37. The van der Waals surface area contributed by atoms with Gasteiger partial charge in [0.15, 0.2) is 11.5 Å². The monoisotopic (exact) mass is 329 g/mol. The molecule has 0 heterocycles. The van der Waals surface area contributed by atoms with Crippen molar-refractivity contribution in [3.8, 4) is 11.5 Å². The molecule has 0 spiro atoms. The standard InChI is InChI=1S/C13H16BrNO4/c1-18-12-7-10(15(16)17)3-4-11(12)19-9-13(8-14)5-2-6-13/h3-4,7H,2,5-6,8-9H2,1H3. The first kappa shape index (κ1) is 14.1. The summed E-state index contributed by atoms with van der Waals surface area (Å²) in [6.07, 6.45) is 3.52. The minimum absolute atomic E-state index is 0.00282. The summed E-state index contributed by atoms with van der Waals surface area (Å²) < 4.78 is 10.9. The Hall–Kier alpha value is -1.30. The van der Waals surface area contributed by atoms with E-state index in [4.69, 9.17) is 9.47 Å². The highest BCUT2D eigenvalue weighted by molar-refractivity contribution is 9.09. The largest absolute Gasteiger partial charge is 0.493 e. The van der Waals surface area contributed by atoms with Gasteiger partial charge in [-0.3, -0.25) is 10.1 Å². The second-order valence-corrected chi connectivity index (χ2v) is 5.43. The lowest BCUT2D eigenvalue weighted by Gasteiger charge is -2.40. The van der Waals surface area contributed by atoms with Crippen LogP contribution in [0.2, 0.25) is 0 Å². The van der Waals surface area contributed by atoms with E-state index >= 15 is 0 Å². The number of halogens is 1. The number of benzene rings is 1. The van der Waals surface area contributed by atoms with Crippen LogP contribution >= 0.6 is 15.9 Å². The predicted octanol–water partition coefficient (Wildman–Crippen LogP) is 3.55. The molecule has 0 atom stereocenters. The van der Waals surface area contributed by atoms with Crippen molar-refractivity contribution >= 4 is 21.6 Å². The first-order valence-electron chi connectivity index (χ1n) is 6.11. The Morgan fingerprint density at radius 3 is 2.63 bits per heavy atom. The summed E-state index contributed by atoms with van der Waals surface area (Å²) in [5, 5.41) is 11.6. The number of hydrogen-bond acceptors (Lipinski definition) is 4. The molecule has 5 nitrogen and oxygen atoms in total. The van der Waals surface area contributed by atoms with Crippen LogP contribution in [0, 0.1) is 15.5 Å². The lowest BCUT2D eigenvalue weighted by atomic mass is 9.71. The molecular weight excluding hydrogens is 314 g/mol. The van der Waals surface area contributed by atoms with Crippen molar-refractivity contribution < 1.29 is 14.4 Å². The highest BCUT2D eigenvalue weighted by Crippen LogP contribution is 2.43. The molecule has 0 aromatic heterocycles. The molecule has 0 N–H and O–H groups in total. The van der Waals surface area contributed by atoms with Crippen molar-refractivity contribution in [1.82, 2.24) is 0 Å². The Labute approximate surface area is 120 Å². The molecule has 0 unspecified atom stereocenters. The predicted molar refractivity (Wildman–Crippen MR) is 75.2 cm³/mol. The highest BCUT2D eigenvalue weighted by atomic mass is 79.9. The number of alkyl halides is 1. The van der Waals surface area contributed by atoms with Gasteiger partial charge in [0.05, 0.1) is 24.7 Å². The maximum absolute atomic E-state index is 10.7. The molecule has 0 aliphatic heterocycles. The third-order valence-electron chi connectivity index (χ3n) is 3.59. The van der Waals surface area contributed by atoms with E-state index in [1.165, 1.54) is 25.7 Å². The maximum Gasteiger partial charge on any atom is 0.273 e. The average Bonchev–Trinajstić information content (AvgIpc) is 2.37. The highest BCUT2D eigenvalue weighted by Gasteiger charge is 2.37. The molecule has 0 radical (unpaired) electrons. The number of nitrogens with zero attached hydrogens (tertiary/aromatic N) is 1. The molecule has 0 bridgehead atoms. The Morgan fingerprint density at radius 1 is 1.42 bits per heavy atom. The van der Waals surface area contributed by atoms with Gasteiger partial charge in [0, 0.05) is 16.8 Å². The second-order valence-electron chi connectivity index (χ2n) is 4.87. The normalized spacial score (nSPS) is 16.5. The van der Waals surface area contributed by atoms with E-state index in [0.717, 1.165) is 18.2 Å². The van der Waals surface area contributed by atoms with Crippen LogP contribution in [0.25, 0.3) is 0 Å². The minimum atomic E-state index is -0.446. The van der Waals surface area contributed by atoms with Gasteiger partial charge in [-0.1, -0.05) is 22.4 Å². The molecule has 1 aromatic carbocycles. The second kappa shape index (κ2) is 5.77. The molecule has 0 amide bonds. The first-order chi connectivity index (χ1) is 9.10. The number of non-ortho nitro benzene ring substituents is 1. The Morgan fingerprint density at radius 2 is 2.16 bits per heavy atom. The van der Waals surface area contributed by atoms with Gasteiger partial charge in [-0.15, -0.1) is 0 Å². The number of hydrogen-bond donors (Lipinski definition) is 0. The fraction of sp³-hybridized carbons (Fsp3) is 0.538. The van der Waals surface area contributed by atoms with E-state index in [1.54, 1.807) is 6.07 Å². The number of nitro benzene ring substituents is 1. The van der Waals surface area contributed by atoms with Crippen molar-refractivity contribution in [3.63, 3.8) is 0 Å². The molecule has 19 heavy (non-hydrogen) atoms. The smallest absolute Gasteiger partial charge is 0.273 e. The van der Waals surface area contributed by atoms with Crippen LogP contribution in [-0.2, 0) is 0 Å². The van der Waals surface area contributed by atoms with E-state index in [2.05, 4.69) is 15.9 Å². The molecule has 1 saturated carbocycles. The van der Waals surface area contributed by atoms with Crippen molar-refractivity contribution in [1.29, 1.82) is 0 Å². The number of nitro groups is 1. The van der Waals surface area contributed by atoms with E-state index in [1.807, 2.05) is 0 Å². The topological polar surface area (TPSA) is 61.6 Å². The van der Waals surface area contributed by atoms with Crippen molar-refractivity contribution in [2.45, 2.75) is 19.3 Å². The summed E-state index contributed by atoms with van der Waals surface area (Å²) in [6, 6.07) is 4.41. The van der Waals surface area contributed by atoms with E-state index in [0.29, 0.717) is 18.1 Å². The van der Waals surface area contributed by atoms with Gasteiger partial charge >= 0.3 is 0 Å². The molecule has 6 heteroatoms. The van der Waals surface area contributed by atoms with Gasteiger partial charge in [-0.05, 0) is 18.9 Å². The summed E-state index contributed by atoms with van der Waals surface area (Å²) in [4.78, 5) is 10.3. The van der Waals surface area contributed by atoms with E-state index in [9.17, 15) is 10.1 Å². The number of rotatable bonds is 6. The van der Waals surface area contributed by atoms with Crippen LogP contribution in [0.5, 0.6) is 11.5 Å². The first-order valence-corrected chi connectivity index (χ1v) is 7.23. The van der Waals surface area contributed by atoms with Gasteiger partial charge < -0.3 is 9.47 Å². The van der Waals surface area contributed by atoms with Crippen LogP contribution in [0.15, 0.2) is 18.2 Å². The molecule has 1 fully saturated rings. The fourth-order valence-electron chi connectivity index (χ4n) is 2.11.